The van der Waals surface area contributed by atoms with Crippen molar-refractivity contribution in [2.24, 2.45) is 4.99 Å². The van der Waals surface area contributed by atoms with Crippen LogP contribution in [0.15, 0.2) is 29.3 Å². The molecule has 0 spiro atoms. The second-order valence-electron chi connectivity index (χ2n) is 4.47. The van der Waals surface area contributed by atoms with Gasteiger partial charge in [0.25, 0.3) is 0 Å². The Kier molecular flexibility index (Phi) is 13.4. The Balaban J connectivity index is 0.00000400. The van der Waals surface area contributed by atoms with E-state index in [2.05, 4.69) is 27.9 Å². The summed E-state index contributed by atoms with van der Waals surface area (Å²) >= 11 is 8.02. The Morgan fingerprint density at radius 3 is 2.57 bits per heavy atom. The largest absolute Gasteiger partial charge is 0.356 e. The molecule has 0 aliphatic carbocycles. The van der Waals surface area contributed by atoms with E-state index in [9.17, 15) is 0 Å². The molecule has 0 fully saturated rings. The van der Waals surface area contributed by atoms with Crippen LogP contribution in [0.3, 0.4) is 0 Å². The third kappa shape index (κ3) is 9.47. The topological polar surface area (TPSA) is 36.4 Å². The minimum Gasteiger partial charge on any atom is -0.356 e. The fourth-order valence-electron chi connectivity index (χ4n) is 1.82. The number of hydrogen-bond donors (Lipinski definition) is 2. The maximum atomic E-state index is 6.13. The zero-order valence-electron chi connectivity index (χ0n) is 12.7. The molecular formula is C15H25ClIN3S. The Bertz CT molecular complexity index is 416. The van der Waals surface area contributed by atoms with E-state index in [1.54, 1.807) is 7.05 Å². The van der Waals surface area contributed by atoms with Gasteiger partial charge in [-0.05, 0) is 42.9 Å². The summed E-state index contributed by atoms with van der Waals surface area (Å²) in [5.74, 6) is 2.08. The molecular weight excluding hydrogens is 417 g/mol. The molecule has 1 aromatic carbocycles. The number of rotatable bonds is 8. The lowest BCUT2D eigenvalue weighted by atomic mass is 10.1. The van der Waals surface area contributed by atoms with Gasteiger partial charge in [0.05, 0.1) is 0 Å². The first kappa shape index (κ1) is 20.9. The predicted octanol–water partition coefficient (Wildman–Crippen LogP) is 3.81. The van der Waals surface area contributed by atoms with Crippen LogP contribution in [0.5, 0.6) is 0 Å². The van der Waals surface area contributed by atoms with Crippen molar-refractivity contribution in [2.75, 3.05) is 32.1 Å². The summed E-state index contributed by atoms with van der Waals surface area (Å²) < 4.78 is 0. The van der Waals surface area contributed by atoms with Crippen molar-refractivity contribution in [3.8, 4) is 0 Å². The second-order valence-corrected chi connectivity index (χ2v) is 5.86. The van der Waals surface area contributed by atoms with E-state index in [-0.39, 0.29) is 24.0 Å². The Morgan fingerprint density at radius 2 is 1.90 bits per heavy atom. The van der Waals surface area contributed by atoms with E-state index >= 15 is 0 Å². The van der Waals surface area contributed by atoms with Crippen molar-refractivity contribution in [2.45, 2.75) is 19.3 Å². The Labute approximate surface area is 154 Å². The van der Waals surface area contributed by atoms with Gasteiger partial charge in [0.2, 0.25) is 0 Å². The molecule has 120 valence electrons. The maximum Gasteiger partial charge on any atom is 0.190 e. The molecule has 0 unspecified atom stereocenters. The van der Waals surface area contributed by atoms with Crippen molar-refractivity contribution in [1.29, 1.82) is 0 Å². The smallest absolute Gasteiger partial charge is 0.190 e. The molecule has 0 atom stereocenters. The number of hydrogen-bond acceptors (Lipinski definition) is 2. The van der Waals surface area contributed by atoms with Gasteiger partial charge in [0.1, 0.15) is 0 Å². The molecule has 3 nitrogen and oxygen atoms in total. The highest BCUT2D eigenvalue weighted by atomic mass is 127. The van der Waals surface area contributed by atoms with Crippen molar-refractivity contribution >= 4 is 53.3 Å². The minimum atomic E-state index is 0. The van der Waals surface area contributed by atoms with Crippen LogP contribution in [0.1, 0.15) is 18.4 Å². The number of aliphatic imine (C=N–C) groups is 1. The summed E-state index contributed by atoms with van der Waals surface area (Å²) in [5.41, 5.74) is 1.16. The first-order valence-electron chi connectivity index (χ1n) is 6.94. The molecule has 21 heavy (non-hydrogen) atoms. The molecule has 0 bridgehead atoms. The summed E-state index contributed by atoms with van der Waals surface area (Å²) in [6.45, 7) is 1.79. The number of benzene rings is 1. The third-order valence-electron chi connectivity index (χ3n) is 2.94. The minimum absolute atomic E-state index is 0. The van der Waals surface area contributed by atoms with Crippen molar-refractivity contribution in [3.63, 3.8) is 0 Å². The fourth-order valence-corrected chi connectivity index (χ4v) is 2.54. The van der Waals surface area contributed by atoms with Crippen LogP contribution in [0.4, 0.5) is 0 Å². The second kappa shape index (κ2) is 13.5. The van der Waals surface area contributed by atoms with Gasteiger partial charge in [-0.2, -0.15) is 11.8 Å². The van der Waals surface area contributed by atoms with Gasteiger partial charge < -0.3 is 10.6 Å². The normalized spacial score (nSPS) is 10.9. The fraction of sp³-hybridized carbons (Fsp3) is 0.533. The van der Waals surface area contributed by atoms with E-state index in [1.807, 2.05) is 30.0 Å². The first-order chi connectivity index (χ1) is 9.77. The van der Waals surface area contributed by atoms with Crippen molar-refractivity contribution in [3.05, 3.63) is 34.9 Å². The SMILES string of the molecule is CN=C(NCCCCSC)NCCc1ccccc1Cl.I. The highest BCUT2D eigenvalue weighted by molar-refractivity contribution is 14.0. The molecule has 0 aromatic heterocycles. The molecule has 2 N–H and O–H groups in total. The maximum absolute atomic E-state index is 6.13. The van der Waals surface area contributed by atoms with E-state index in [1.165, 1.54) is 18.6 Å². The number of nitrogens with zero attached hydrogens (tertiary/aromatic N) is 1. The van der Waals surface area contributed by atoms with Crippen LogP contribution in [0, 0.1) is 0 Å². The number of nitrogens with one attached hydrogen (secondary N) is 2. The predicted molar refractivity (Wildman–Crippen MR) is 108 cm³/mol. The van der Waals surface area contributed by atoms with Crippen LogP contribution in [-0.2, 0) is 6.42 Å². The summed E-state index contributed by atoms with van der Waals surface area (Å²) in [6.07, 6.45) is 5.45. The summed E-state index contributed by atoms with van der Waals surface area (Å²) in [6, 6.07) is 7.95. The van der Waals surface area contributed by atoms with E-state index in [0.29, 0.717) is 0 Å². The molecule has 0 saturated heterocycles. The molecule has 1 rings (SSSR count). The zero-order chi connectivity index (χ0) is 14.6. The Hall–Kier alpha value is -0.140. The highest BCUT2D eigenvalue weighted by Crippen LogP contribution is 2.14. The van der Waals surface area contributed by atoms with E-state index in [0.717, 1.165) is 36.1 Å². The Morgan fingerprint density at radius 1 is 1.19 bits per heavy atom. The molecule has 0 saturated carbocycles. The zero-order valence-corrected chi connectivity index (χ0v) is 16.6. The number of guanidine groups is 1. The van der Waals surface area contributed by atoms with Gasteiger partial charge in [0.15, 0.2) is 5.96 Å². The monoisotopic (exact) mass is 441 g/mol. The average molecular weight is 442 g/mol. The van der Waals surface area contributed by atoms with Crippen LogP contribution < -0.4 is 10.6 Å². The third-order valence-corrected chi connectivity index (χ3v) is 4.00. The van der Waals surface area contributed by atoms with Gasteiger partial charge in [-0.15, -0.1) is 24.0 Å². The number of unbranched alkanes of at least 4 members (excludes halogenated alkanes) is 1. The molecule has 1 aromatic rings. The average Bonchev–Trinajstić information content (AvgIpc) is 2.47. The number of thioether (sulfide) groups is 1. The van der Waals surface area contributed by atoms with Crippen LogP contribution in [0.25, 0.3) is 0 Å². The van der Waals surface area contributed by atoms with Crippen LogP contribution in [-0.4, -0.2) is 38.1 Å². The molecule has 6 heteroatoms. The van der Waals surface area contributed by atoms with Gasteiger partial charge in [0, 0.05) is 25.2 Å². The lowest BCUT2D eigenvalue weighted by Gasteiger charge is -2.12. The van der Waals surface area contributed by atoms with Crippen LogP contribution >= 0.6 is 47.3 Å². The molecule has 0 aliphatic heterocycles. The lowest BCUT2D eigenvalue weighted by Crippen LogP contribution is -2.38. The molecule has 0 amide bonds. The van der Waals surface area contributed by atoms with Crippen molar-refractivity contribution in [1.82, 2.24) is 10.6 Å². The van der Waals surface area contributed by atoms with Gasteiger partial charge in [-0.25, -0.2) is 0 Å². The van der Waals surface area contributed by atoms with Crippen LogP contribution in [0.2, 0.25) is 5.02 Å². The van der Waals surface area contributed by atoms with Gasteiger partial charge >= 0.3 is 0 Å². The van der Waals surface area contributed by atoms with Gasteiger partial charge in [-0.1, -0.05) is 29.8 Å². The highest BCUT2D eigenvalue weighted by Gasteiger charge is 2.00. The summed E-state index contributed by atoms with van der Waals surface area (Å²) in [5, 5.41) is 7.46. The van der Waals surface area contributed by atoms with Crippen molar-refractivity contribution < 1.29 is 0 Å². The first-order valence-corrected chi connectivity index (χ1v) is 8.72. The number of halogens is 2. The summed E-state index contributed by atoms with van der Waals surface area (Å²) in [7, 11) is 1.80. The molecule has 0 heterocycles. The summed E-state index contributed by atoms with van der Waals surface area (Å²) in [4.78, 5) is 4.22. The molecule has 0 radical (unpaired) electrons. The van der Waals surface area contributed by atoms with E-state index < -0.39 is 0 Å². The standard InChI is InChI=1S/C15H24ClN3S.HI/c1-17-15(18-10-5-6-12-20-2)19-11-9-13-7-3-4-8-14(13)16;/h3-4,7-8H,5-6,9-12H2,1-2H3,(H2,17,18,19);1H. The van der Waals surface area contributed by atoms with Gasteiger partial charge in [-0.3, -0.25) is 4.99 Å². The molecule has 0 aliphatic rings. The lowest BCUT2D eigenvalue weighted by molar-refractivity contribution is 0.730. The van der Waals surface area contributed by atoms with E-state index in [4.69, 9.17) is 11.6 Å². The quantitative estimate of drug-likeness (QED) is 0.279.